The van der Waals surface area contributed by atoms with Crippen LogP contribution in [0.5, 0.6) is 0 Å². The molecule has 0 bridgehead atoms. The minimum Gasteiger partial charge on any atom is -0.351 e. The van der Waals surface area contributed by atoms with Crippen LogP contribution in [0.3, 0.4) is 0 Å². The highest BCUT2D eigenvalue weighted by Crippen LogP contribution is 2.36. The van der Waals surface area contributed by atoms with Crippen molar-refractivity contribution in [1.29, 1.82) is 0 Å². The highest BCUT2D eigenvalue weighted by atomic mass is 19.1. The van der Waals surface area contributed by atoms with Gasteiger partial charge in [-0.1, -0.05) is 24.3 Å². The lowest BCUT2D eigenvalue weighted by molar-refractivity contribution is -0.140. The molecular formula is C26H35FN4O3. The number of carbonyl (C=O) groups is 3. The second-order valence-electron chi connectivity index (χ2n) is 9.96. The molecule has 184 valence electrons. The van der Waals surface area contributed by atoms with Gasteiger partial charge in [0.25, 0.3) is 0 Å². The Bertz CT molecular complexity index is 924. The molecule has 0 aliphatic carbocycles. The number of benzene rings is 1. The van der Waals surface area contributed by atoms with E-state index >= 15 is 0 Å². The molecule has 3 amide bonds. The van der Waals surface area contributed by atoms with Crippen LogP contribution in [0, 0.1) is 17.2 Å². The van der Waals surface area contributed by atoms with Gasteiger partial charge in [-0.05, 0) is 55.7 Å². The topological polar surface area (TPSA) is 81.8 Å². The van der Waals surface area contributed by atoms with Crippen LogP contribution in [0.15, 0.2) is 36.4 Å². The fraction of sp³-hybridized carbons (Fsp3) is 0.577. The van der Waals surface area contributed by atoms with Gasteiger partial charge in [-0.2, -0.15) is 0 Å². The number of amides is 3. The first-order chi connectivity index (χ1) is 16.3. The number of rotatable bonds is 2. The van der Waals surface area contributed by atoms with Crippen LogP contribution in [0.2, 0.25) is 0 Å². The second kappa shape index (κ2) is 10.7. The molecule has 1 spiro atoms. The summed E-state index contributed by atoms with van der Waals surface area (Å²) in [6.45, 7) is 5.11. The van der Waals surface area contributed by atoms with Crippen molar-refractivity contribution in [3.05, 3.63) is 47.8 Å². The van der Waals surface area contributed by atoms with Crippen LogP contribution < -0.4 is 10.6 Å². The van der Waals surface area contributed by atoms with Crippen molar-refractivity contribution in [3.63, 3.8) is 0 Å². The minimum absolute atomic E-state index is 0.0246. The predicted molar refractivity (Wildman–Crippen MR) is 127 cm³/mol. The molecule has 34 heavy (non-hydrogen) atoms. The average Bonchev–Trinajstić information content (AvgIpc) is 2.82. The van der Waals surface area contributed by atoms with Gasteiger partial charge in [0.1, 0.15) is 5.82 Å². The van der Waals surface area contributed by atoms with E-state index in [-0.39, 0.29) is 42.0 Å². The van der Waals surface area contributed by atoms with Crippen LogP contribution in [0.4, 0.5) is 4.39 Å². The Morgan fingerprint density at radius 3 is 2.56 bits per heavy atom. The number of piperidine rings is 2. The van der Waals surface area contributed by atoms with Crippen molar-refractivity contribution in [2.75, 3.05) is 32.7 Å². The lowest BCUT2D eigenvalue weighted by Crippen LogP contribution is -2.54. The van der Waals surface area contributed by atoms with Gasteiger partial charge >= 0.3 is 0 Å². The molecule has 4 rings (SSSR count). The number of nitrogens with zero attached hydrogens (tertiary/aromatic N) is 2. The Balaban J connectivity index is 1.44. The van der Waals surface area contributed by atoms with Crippen LogP contribution in [-0.4, -0.2) is 66.3 Å². The summed E-state index contributed by atoms with van der Waals surface area (Å²) in [5.74, 6) is -0.184. The smallest absolute Gasteiger partial charge is 0.239 e. The van der Waals surface area contributed by atoms with Gasteiger partial charge in [-0.25, -0.2) is 4.39 Å². The Labute approximate surface area is 200 Å². The van der Waals surface area contributed by atoms with Crippen molar-refractivity contribution < 1.29 is 18.8 Å². The molecule has 7 nitrogen and oxygen atoms in total. The zero-order valence-corrected chi connectivity index (χ0v) is 19.9. The lowest BCUT2D eigenvalue weighted by atomic mass is 9.74. The Morgan fingerprint density at radius 1 is 1.12 bits per heavy atom. The van der Waals surface area contributed by atoms with Crippen LogP contribution >= 0.6 is 0 Å². The molecule has 0 aromatic heterocycles. The minimum atomic E-state index is -0.581. The number of nitrogens with one attached hydrogen (secondary N) is 2. The van der Waals surface area contributed by atoms with E-state index in [9.17, 15) is 18.8 Å². The Kier molecular flexibility index (Phi) is 7.66. The maximum Gasteiger partial charge on any atom is 0.239 e. The molecule has 3 aliphatic heterocycles. The van der Waals surface area contributed by atoms with Crippen molar-refractivity contribution in [2.24, 2.45) is 11.3 Å². The van der Waals surface area contributed by atoms with Gasteiger partial charge in [0.15, 0.2) is 0 Å². The number of halogens is 1. The zero-order chi connectivity index (χ0) is 24.1. The van der Waals surface area contributed by atoms with Gasteiger partial charge in [0, 0.05) is 45.7 Å². The van der Waals surface area contributed by atoms with E-state index in [0.29, 0.717) is 32.4 Å². The van der Waals surface area contributed by atoms with Gasteiger partial charge < -0.3 is 15.5 Å². The summed E-state index contributed by atoms with van der Waals surface area (Å²) in [6, 6.07) is 6.69. The second-order valence-corrected chi connectivity index (χ2v) is 9.96. The van der Waals surface area contributed by atoms with E-state index in [1.54, 1.807) is 11.8 Å². The summed E-state index contributed by atoms with van der Waals surface area (Å²) in [7, 11) is 0. The standard InChI is InChI=1S/C26H35FN4O3/c1-19(32)31-14-11-26(12-15-31)10-3-2-4-21-18-30(17-20-5-7-22(27)8-6-20)13-9-23(21)29-24(33)16-28-25(26)34/h2-3,5-8,21,23H,4,9-18H2,1H3,(H,28,34)(H,29,33)/b3-2+/t21-,23+/m0/s1. The van der Waals surface area contributed by atoms with Crippen molar-refractivity contribution in [3.8, 4) is 0 Å². The van der Waals surface area contributed by atoms with Crippen LogP contribution in [-0.2, 0) is 20.9 Å². The Morgan fingerprint density at radius 2 is 1.85 bits per heavy atom. The summed E-state index contributed by atoms with van der Waals surface area (Å²) in [5.41, 5.74) is 0.497. The molecule has 2 N–H and O–H groups in total. The monoisotopic (exact) mass is 470 g/mol. The predicted octanol–water partition coefficient (Wildman–Crippen LogP) is 2.23. The maximum absolute atomic E-state index is 13.2. The summed E-state index contributed by atoms with van der Waals surface area (Å²) < 4.78 is 13.2. The van der Waals surface area contributed by atoms with Crippen molar-refractivity contribution in [2.45, 2.75) is 51.6 Å². The molecule has 3 heterocycles. The van der Waals surface area contributed by atoms with Crippen molar-refractivity contribution in [1.82, 2.24) is 20.4 Å². The summed E-state index contributed by atoms with van der Waals surface area (Å²) in [6.07, 6.45) is 7.74. The van der Waals surface area contributed by atoms with E-state index in [1.165, 1.54) is 12.1 Å². The first-order valence-corrected chi connectivity index (χ1v) is 12.3. The molecule has 1 aromatic rings. The molecular weight excluding hydrogens is 435 g/mol. The van der Waals surface area contributed by atoms with E-state index in [4.69, 9.17) is 0 Å². The third-order valence-corrected chi connectivity index (χ3v) is 7.66. The Hall–Kier alpha value is -2.74. The number of hydrogen-bond donors (Lipinski definition) is 2. The fourth-order valence-corrected chi connectivity index (χ4v) is 5.49. The SMILES string of the molecule is CC(=O)N1CCC2(C/C=C/C[C@H]3CN(Cc4ccc(F)cc4)CC[C@H]3NC(=O)CNC2=O)CC1. The van der Waals surface area contributed by atoms with Crippen molar-refractivity contribution >= 4 is 17.7 Å². The summed E-state index contributed by atoms with van der Waals surface area (Å²) in [4.78, 5) is 41.6. The molecule has 2 atom stereocenters. The number of likely N-dealkylation sites (tertiary alicyclic amines) is 2. The summed E-state index contributed by atoms with van der Waals surface area (Å²) in [5, 5.41) is 6.01. The number of allylic oxidation sites excluding steroid dienone is 2. The zero-order valence-electron chi connectivity index (χ0n) is 19.9. The van der Waals surface area contributed by atoms with Gasteiger partial charge in [-0.15, -0.1) is 0 Å². The third kappa shape index (κ3) is 5.84. The molecule has 1 aromatic carbocycles. The van der Waals surface area contributed by atoms with Crippen LogP contribution in [0.25, 0.3) is 0 Å². The third-order valence-electron chi connectivity index (χ3n) is 7.66. The molecule has 3 aliphatic rings. The van der Waals surface area contributed by atoms with E-state index in [1.807, 2.05) is 12.1 Å². The highest BCUT2D eigenvalue weighted by Gasteiger charge is 2.41. The molecule has 2 saturated heterocycles. The molecule has 8 heteroatoms. The molecule has 0 saturated carbocycles. The number of fused-ring (bicyclic) bond motifs is 1. The molecule has 0 unspecified atom stereocenters. The summed E-state index contributed by atoms with van der Waals surface area (Å²) >= 11 is 0. The lowest BCUT2D eigenvalue weighted by Gasteiger charge is -2.41. The first-order valence-electron chi connectivity index (χ1n) is 12.3. The van der Waals surface area contributed by atoms with E-state index in [0.717, 1.165) is 38.0 Å². The van der Waals surface area contributed by atoms with E-state index < -0.39 is 5.41 Å². The van der Waals surface area contributed by atoms with Gasteiger partial charge in [0.2, 0.25) is 17.7 Å². The molecule has 2 fully saturated rings. The largest absolute Gasteiger partial charge is 0.351 e. The van der Waals surface area contributed by atoms with E-state index in [2.05, 4.69) is 27.7 Å². The number of carbonyl (C=O) groups excluding carboxylic acids is 3. The van der Waals surface area contributed by atoms with Crippen LogP contribution in [0.1, 0.15) is 44.6 Å². The quantitative estimate of drug-likeness (QED) is 0.650. The first kappa shape index (κ1) is 24.4. The fourth-order valence-electron chi connectivity index (χ4n) is 5.49. The van der Waals surface area contributed by atoms with Gasteiger partial charge in [-0.3, -0.25) is 19.3 Å². The maximum atomic E-state index is 13.2. The average molecular weight is 471 g/mol. The number of hydrogen-bond acceptors (Lipinski definition) is 4. The highest BCUT2D eigenvalue weighted by molar-refractivity contribution is 5.88. The normalized spacial score (nSPS) is 27.1. The molecule has 0 radical (unpaired) electrons. The van der Waals surface area contributed by atoms with Gasteiger partial charge in [0.05, 0.1) is 12.0 Å².